The van der Waals surface area contributed by atoms with Crippen LogP contribution in [-0.4, -0.2) is 55.0 Å². The van der Waals surface area contributed by atoms with Crippen molar-refractivity contribution in [2.75, 3.05) is 19.3 Å². The number of benzene rings is 1. The summed E-state index contributed by atoms with van der Waals surface area (Å²) in [6.45, 7) is 13.4. The number of aryl methyl sites for hydroxylation is 1. The maximum Gasteiger partial charge on any atom is 0.254 e. The lowest BCUT2D eigenvalue weighted by Crippen LogP contribution is -2.50. The molecule has 7 nitrogen and oxygen atoms in total. The van der Waals surface area contributed by atoms with E-state index in [1.165, 1.54) is 36.9 Å². The third-order valence-corrected chi connectivity index (χ3v) is 13.5. The molecule has 10 heteroatoms. The first-order chi connectivity index (χ1) is 18.9. The highest BCUT2D eigenvalue weighted by Crippen LogP contribution is 2.52. The standard InChI is InChI=1S/C30H42ClN3O4SSi/c1-18-15-25(39-4)23(29(36)33-18)17-32-28(35)22-16-24(31)27-26(19(22)2)37-30(3,38-27)20-7-9-21(10-8-20)34-11-13-40(5,6)14-12-34/h15-16,20-21H,7-14,17H2,1-6H3,(H,32,35)(H,33,36)/t20-,21+,30-/m1/s1. The third-order valence-electron chi connectivity index (χ3n) is 9.27. The Hall–Kier alpha value is -1.94. The summed E-state index contributed by atoms with van der Waals surface area (Å²) in [6, 6.07) is 7.02. The van der Waals surface area contributed by atoms with E-state index in [9.17, 15) is 9.59 Å². The van der Waals surface area contributed by atoms with Gasteiger partial charge in [0.2, 0.25) is 0 Å². The van der Waals surface area contributed by atoms with Crippen molar-refractivity contribution < 1.29 is 14.3 Å². The van der Waals surface area contributed by atoms with Crippen molar-refractivity contribution in [3.05, 3.63) is 49.9 Å². The van der Waals surface area contributed by atoms with E-state index in [4.69, 9.17) is 21.1 Å². The minimum atomic E-state index is -0.973. The van der Waals surface area contributed by atoms with E-state index in [-0.39, 0.29) is 23.9 Å². The summed E-state index contributed by atoms with van der Waals surface area (Å²) in [5, 5.41) is 3.27. The van der Waals surface area contributed by atoms with E-state index in [2.05, 4.69) is 28.3 Å². The van der Waals surface area contributed by atoms with Gasteiger partial charge in [-0.1, -0.05) is 24.7 Å². The molecule has 1 saturated carbocycles. The van der Waals surface area contributed by atoms with Gasteiger partial charge >= 0.3 is 0 Å². The Balaban J connectivity index is 1.26. The van der Waals surface area contributed by atoms with Gasteiger partial charge in [0.1, 0.15) is 0 Å². The lowest BCUT2D eigenvalue weighted by atomic mass is 9.80. The van der Waals surface area contributed by atoms with Crippen LogP contribution in [0.2, 0.25) is 30.2 Å². The Morgan fingerprint density at radius 2 is 1.80 bits per heavy atom. The average Bonchev–Trinajstić information content (AvgIpc) is 3.29. The normalized spacial score (nSPS) is 26.1. The van der Waals surface area contributed by atoms with Crippen molar-refractivity contribution in [1.82, 2.24) is 15.2 Å². The number of ether oxygens (including phenoxy) is 2. The molecule has 0 radical (unpaired) electrons. The Bertz CT molecular complexity index is 1350. The average molecular weight is 604 g/mol. The lowest BCUT2D eigenvalue weighted by Gasteiger charge is -2.44. The number of pyridine rings is 1. The molecule has 1 saturated heterocycles. The van der Waals surface area contributed by atoms with Crippen molar-refractivity contribution in [2.45, 2.75) is 94.9 Å². The highest BCUT2D eigenvalue weighted by Gasteiger charge is 2.48. The van der Waals surface area contributed by atoms with E-state index in [0.29, 0.717) is 39.3 Å². The van der Waals surface area contributed by atoms with Crippen molar-refractivity contribution in [2.24, 2.45) is 5.92 Å². The zero-order chi connectivity index (χ0) is 28.8. The monoisotopic (exact) mass is 603 g/mol. The molecule has 1 aliphatic carbocycles. The molecule has 0 spiro atoms. The van der Waals surface area contributed by atoms with Gasteiger partial charge in [-0.2, -0.15) is 0 Å². The number of nitrogens with zero attached hydrogens (tertiary/aromatic N) is 1. The zero-order valence-electron chi connectivity index (χ0n) is 24.5. The van der Waals surface area contributed by atoms with Gasteiger partial charge < -0.3 is 24.7 Å². The number of aromatic nitrogens is 1. The molecular formula is C30H42ClN3O4SSi. The minimum absolute atomic E-state index is 0.119. The first kappa shape index (κ1) is 29.5. The Morgan fingerprint density at radius 3 is 2.45 bits per heavy atom. The fourth-order valence-electron chi connectivity index (χ4n) is 6.51. The predicted octanol–water partition coefficient (Wildman–Crippen LogP) is 6.37. The summed E-state index contributed by atoms with van der Waals surface area (Å²) < 4.78 is 13.0. The van der Waals surface area contributed by atoms with Crippen LogP contribution in [0.3, 0.4) is 0 Å². The van der Waals surface area contributed by atoms with Gasteiger partial charge in [-0.25, -0.2) is 0 Å². The predicted molar refractivity (Wildman–Crippen MR) is 165 cm³/mol. The molecule has 1 aromatic heterocycles. The van der Waals surface area contributed by atoms with Crippen LogP contribution in [-0.2, 0) is 6.54 Å². The lowest BCUT2D eigenvalue weighted by molar-refractivity contribution is -0.124. The van der Waals surface area contributed by atoms with Crippen LogP contribution >= 0.6 is 23.4 Å². The second-order valence-electron chi connectivity index (χ2n) is 12.6. The molecule has 0 bridgehead atoms. The summed E-state index contributed by atoms with van der Waals surface area (Å²) in [7, 11) is -0.973. The maximum atomic E-state index is 13.3. The molecule has 3 aliphatic rings. The number of H-pyrrole nitrogens is 1. The van der Waals surface area contributed by atoms with Gasteiger partial charge in [0, 0.05) is 60.8 Å². The number of thioether (sulfide) groups is 1. The molecule has 3 heterocycles. The highest BCUT2D eigenvalue weighted by molar-refractivity contribution is 7.98. The number of carbonyl (C=O) groups is 1. The molecule has 1 atom stereocenters. The van der Waals surface area contributed by atoms with Crippen LogP contribution in [0.5, 0.6) is 11.5 Å². The summed E-state index contributed by atoms with van der Waals surface area (Å²) in [5.74, 6) is 0.194. The van der Waals surface area contributed by atoms with Crippen LogP contribution in [0, 0.1) is 19.8 Å². The summed E-state index contributed by atoms with van der Waals surface area (Å²) in [5.41, 5.74) is 2.25. The zero-order valence-corrected chi connectivity index (χ0v) is 27.1. The van der Waals surface area contributed by atoms with Crippen molar-refractivity contribution in [1.29, 1.82) is 0 Å². The van der Waals surface area contributed by atoms with Gasteiger partial charge in [-0.15, -0.1) is 11.8 Å². The fraction of sp³-hybridized carbons (Fsp3) is 0.600. The summed E-state index contributed by atoms with van der Waals surface area (Å²) in [4.78, 5) is 32.2. The fourth-order valence-corrected chi connectivity index (χ4v) is 9.48. The van der Waals surface area contributed by atoms with Crippen LogP contribution < -0.4 is 20.3 Å². The number of hydrogen-bond acceptors (Lipinski definition) is 6. The van der Waals surface area contributed by atoms with Crippen molar-refractivity contribution in [3.63, 3.8) is 0 Å². The Kier molecular flexibility index (Phi) is 8.41. The van der Waals surface area contributed by atoms with Crippen molar-refractivity contribution >= 4 is 37.3 Å². The van der Waals surface area contributed by atoms with Crippen LogP contribution in [0.1, 0.15) is 59.8 Å². The second-order valence-corrected chi connectivity index (χ2v) is 19.2. The second kappa shape index (κ2) is 11.4. The van der Waals surface area contributed by atoms with Gasteiger partial charge in [0.15, 0.2) is 11.5 Å². The third kappa shape index (κ3) is 5.85. The quantitative estimate of drug-likeness (QED) is 0.295. The highest BCUT2D eigenvalue weighted by atomic mass is 35.5. The number of aromatic amines is 1. The van der Waals surface area contributed by atoms with Crippen LogP contribution in [0.4, 0.5) is 0 Å². The van der Waals surface area contributed by atoms with E-state index in [1.807, 2.05) is 33.1 Å². The molecule has 2 aliphatic heterocycles. The van der Waals surface area contributed by atoms with E-state index in [1.54, 1.807) is 6.07 Å². The number of fused-ring (bicyclic) bond motifs is 1. The van der Waals surface area contributed by atoms with Gasteiger partial charge in [0.05, 0.1) is 5.02 Å². The van der Waals surface area contributed by atoms with Crippen molar-refractivity contribution in [3.8, 4) is 11.5 Å². The minimum Gasteiger partial charge on any atom is -0.448 e. The molecule has 1 amide bonds. The first-order valence-electron chi connectivity index (χ1n) is 14.4. The van der Waals surface area contributed by atoms with E-state index < -0.39 is 13.9 Å². The largest absolute Gasteiger partial charge is 0.448 e. The number of hydrogen-bond donors (Lipinski definition) is 2. The number of nitrogens with one attached hydrogen (secondary N) is 2. The molecule has 5 rings (SSSR count). The van der Waals surface area contributed by atoms with Crippen LogP contribution in [0.15, 0.2) is 21.8 Å². The van der Waals surface area contributed by atoms with E-state index >= 15 is 0 Å². The Morgan fingerprint density at radius 1 is 1.15 bits per heavy atom. The molecule has 2 fully saturated rings. The molecular weight excluding hydrogens is 562 g/mol. The van der Waals surface area contributed by atoms with Gasteiger partial charge in [0.25, 0.3) is 17.3 Å². The number of rotatable bonds is 6. The summed E-state index contributed by atoms with van der Waals surface area (Å²) in [6.07, 6.45) is 6.31. The van der Waals surface area contributed by atoms with E-state index in [0.717, 1.165) is 36.3 Å². The first-order valence-corrected chi connectivity index (χ1v) is 19.4. The number of amides is 1. The number of carbonyl (C=O) groups excluding carboxylic acids is 1. The smallest absolute Gasteiger partial charge is 0.254 e. The molecule has 1 aromatic carbocycles. The molecule has 40 heavy (non-hydrogen) atoms. The van der Waals surface area contributed by atoms with Gasteiger partial charge in [-0.3, -0.25) is 9.59 Å². The topological polar surface area (TPSA) is 83.7 Å². The maximum absolute atomic E-state index is 13.3. The van der Waals surface area contributed by atoms with Crippen LogP contribution in [0.25, 0.3) is 0 Å². The SMILES string of the molecule is CSc1cc(C)[nH]c(=O)c1CNC(=O)c1cc(Cl)c2c(c1C)O[C@@](C)([C@H]1CC[C@@H](N3CC[Si](C)(C)CC3)CC1)O2. The molecule has 218 valence electrons. The number of halogens is 1. The Labute approximate surface area is 247 Å². The summed E-state index contributed by atoms with van der Waals surface area (Å²) >= 11 is 8.15. The molecule has 0 unspecified atom stereocenters. The van der Waals surface area contributed by atoms with Gasteiger partial charge in [-0.05, 0) is 83.1 Å². The molecule has 2 N–H and O–H groups in total. The molecule has 2 aromatic rings.